The van der Waals surface area contributed by atoms with Crippen LogP contribution in [0.2, 0.25) is 0 Å². The molecule has 1 aliphatic carbocycles. The summed E-state index contributed by atoms with van der Waals surface area (Å²) >= 11 is 0. The van der Waals surface area contributed by atoms with Crippen molar-refractivity contribution in [3.63, 3.8) is 0 Å². The first-order valence-electron chi connectivity index (χ1n) is 19.6. The molecule has 0 aromatic carbocycles. The average Bonchev–Trinajstić information content (AvgIpc) is 3.47. The van der Waals surface area contributed by atoms with Crippen molar-refractivity contribution in [1.29, 1.82) is 0 Å². The van der Waals surface area contributed by atoms with Gasteiger partial charge in [-0.1, -0.05) is 106 Å². The molecular weight excluding hydrogens is 716 g/mol. The van der Waals surface area contributed by atoms with Gasteiger partial charge in [0.1, 0.15) is 29.8 Å². The largest absolute Gasteiger partial charge is 0.510 e. The smallest absolute Gasteiger partial charge is 0.335 e. The molecule has 12 nitrogen and oxygen atoms in total. The monoisotopic (exact) mass is 780 g/mol. The molecule has 1 saturated heterocycles. The van der Waals surface area contributed by atoms with Crippen molar-refractivity contribution in [3.05, 3.63) is 108 Å². The van der Waals surface area contributed by atoms with Gasteiger partial charge in [-0.05, 0) is 76.3 Å². The van der Waals surface area contributed by atoms with Crippen LogP contribution in [0.1, 0.15) is 86.0 Å². The number of Topliss-reactive ketones (excluding diaryl/α,β-unsaturated/α-hetero) is 1. The van der Waals surface area contributed by atoms with E-state index in [0.29, 0.717) is 18.0 Å². The normalized spacial score (nSPS) is 25.2. The van der Waals surface area contributed by atoms with Gasteiger partial charge in [-0.2, -0.15) is 0 Å². The lowest BCUT2D eigenvalue weighted by Crippen LogP contribution is -2.61. The Bertz CT molecular complexity index is 1550. The molecule has 1 amide bonds. The molecule has 0 aromatic heterocycles. The van der Waals surface area contributed by atoms with Gasteiger partial charge in [-0.3, -0.25) is 9.59 Å². The van der Waals surface area contributed by atoms with Crippen LogP contribution in [0, 0.1) is 17.8 Å². The number of nitrogens with one attached hydrogen (secondary N) is 1. The second-order valence-corrected chi connectivity index (χ2v) is 14.6. The highest BCUT2D eigenvalue weighted by Gasteiger charge is 2.48. The third kappa shape index (κ3) is 16.9. The number of aliphatic carboxylic acids is 1. The molecule has 310 valence electrons. The minimum atomic E-state index is -1.82. The summed E-state index contributed by atoms with van der Waals surface area (Å²) in [6.07, 6.45) is 24.0. The zero-order chi connectivity index (χ0) is 41.6. The highest BCUT2D eigenvalue weighted by molar-refractivity contribution is 6.04. The molecule has 12 heteroatoms. The zero-order valence-corrected chi connectivity index (χ0v) is 33.5. The molecule has 0 bridgehead atoms. The van der Waals surface area contributed by atoms with Gasteiger partial charge in [-0.15, -0.1) is 0 Å². The average molecular weight is 781 g/mol. The minimum absolute atomic E-state index is 0.0400. The van der Waals surface area contributed by atoms with Crippen LogP contribution in [-0.4, -0.2) is 86.5 Å². The van der Waals surface area contributed by atoms with Crippen molar-refractivity contribution in [2.24, 2.45) is 23.5 Å². The fraction of sp³-hybridized carbons (Fsp3) is 0.523. The zero-order valence-electron chi connectivity index (χ0n) is 33.5. The Labute approximate surface area is 332 Å². The van der Waals surface area contributed by atoms with Gasteiger partial charge in [0.15, 0.2) is 18.2 Å². The molecule has 9 unspecified atom stereocenters. The molecule has 9 atom stereocenters. The lowest BCUT2D eigenvalue weighted by molar-refractivity contribution is -0.303. The number of hydrogen-bond acceptors (Lipinski definition) is 10. The molecule has 0 radical (unpaired) electrons. The number of ether oxygens (including phenoxy) is 2. The summed E-state index contributed by atoms with van der Waals surface area (Å²) in [6.45, 7) is 10.4. The molecule has 0 spiro atoms. The number of carboxylic acids is 1. The second kappa shape index (κ2) is 25.9. The van der Waals surface area contributed by atoms with Crippen molar-refractivity contribution >= 4 is 17.7 Å². The van der Waals surface area contributed by atoms with Gasteiger partial charge in [0.25, 0.3) is 5.91 Å². The maximum atomic E-state index is 12.3. The van der Waals surface area contributed by atoms with Crippen LogP contribution in [0.5, 0.6) is 0 Å². The number of amides is 1. The number of unbranched alkanes of at least 4 members (excludes halogenated alkanes) is 2. The van der Waals surface area contributed by atoms with E-state index in [-0.39, 0.29) is 41.9 Å². The number of nitrogens with two attached hydrogens (primary N) is 1. The van der Waals surface area contributed by atoms with E-state index < -0.39 is 48.7 Å². The Morgan fingerprint density at radius 3 is 2.18 bits per heavy atom. The maximum absolute atomic E-state index is 12.3. The molecular formula is C44H64N2O10. The number of ketones is 1. The molecule has 2 aliphatic rings. The number of hydrogen-bond donors (Lipinski definition) is 7. The molecule has 1 fully saturated rings. The number of allylic oxidation sites excluding steroid dienone is 15. The Morgan fingerprint density at radius 2 is 1.54 bits per heavy atom. The van der Waals surface area contributed by atoms with Crippen molar-refractivity contribution in [2.45, 2.75) is 123 Å². The summed E-state index contributed by atoms with van der Waals surface area (Å²) < 4.78 is 11.7. The summed E-state index contributed by atoms with van der Waals surface area (Å²) in [5.41, 5.74) is 6.72. The maximum Gasteiger partial charge on any atom is 0.335 e. The van der Waals surface area contributed by atoms with Crippen molar-refractivity contribution in [2.75, 3.05) is 6.54 Å². The quantitative estimate of drug-likeness (QED) is 0.0279. The Balaban J connectivity index is 2.05. The van der Waals surface area contributed by atoms with E-state index in [4.69, 9.17) is 15.2 Å². The van der Waals surface area contributed by atoms with Crippen LogP contribution in [0.3, 0.4) is 0 Å². The van der Waals surface area contributed by atoms with Crippen molar-refractivity contribution in [1.82, 2.24) is 5.32 Å². The number of carbonyl (C=O) groups is 3. The molecule has 1 heterocycles. The number of carboxylic acid groups (broad SMARTS) is 1. The topological polar surface area (TPSA) is 209 Å². The van der Waals surface area contributed by atoms with Gasteiger partial charge >= 0.3 is 5.97 Å². The van der Waals surface area contributed by atoms with Crippen LogP contribution in [0.4, 0.5) is 0 Å². The van der Waals surface area contributed by atoms with Gasteiger partial charge in [-0.25, -0.2) is 4.79 Å². The molecule has 1 aliphatic heterocycles. The number of carbonyl (C=O) groups excluding carboxylic acids is 2. The van der Waals surface area contributed by atoms with Crippen molar-refractivity contribution < 1.29 is 49.4 Å². The molecule has 0 saturated carbocycles. The lowest BCUT2D eigenvalue weighted by atomic mass is 9.92. The second-order valence-electron chi connectivity index (χ2n) is 14.6. The Hall–Kier alpha value is -4.17. The first-order chi connectivity index (χ1) is 26.7. The lowest BCUT2D eigenvalue weighted by Gasteiger charge is -2.40. The van der Waals surface area contributed by atoms with Crippen LogP contribution in [0.15, 0.2) is 108 Å². The summed E-state index contributed by atoms with van der Waals surface area (Å²) in [4.78, 5) is 35.8. The fourth-order valence-electron chi connectivity index (χ4n) is 6.14. The van der Waals surface area contributed by atoms with Crippen molar-refractivity contribution in [3.8, 4) is 0 Å². The third-order valence-corrected chi connectivity index (χ3v) is 9.49. The van der Waals surface area contributed by atoms with E-state index in [2.05, 4.69) is 49.5 Å². The standard InChI is InChI=1S/C44H64N2O10/c1-29(20-14-11-12-19-27-45)21-15-13-16-22-30(2)28-33(5)40(55-44-39(51)37(49)38(50)41(56-44)43(53)54)31(3)23-17-9-7-6-8-10-18-24-32(4)42(52)46-36-34(47)25-26-35(36)48/h6-11,14-15,17-18,21,23-24,28-31,37-41,44,47,49-51H,12-13,16,19-20,22,25-27,45H2,1-5H3,(H,46,52)(H,53,54)/b8-6+,9-7+,14-11+,18-10+,21-15+,23-17+,32-24+,33-28+. The summed E-state index contributed by atoms with van der Waals surface area (Å²) in [7, 11) is 0. The van der Waals surface area contributed by atoms with E-state index in [1.807, 2.05) is 32.1 Å². The highest BCUT2D eigenvalue weighted by Crippen LogP contribution is 2.29. The Kier molecular flexibility index (Phi) is 22.2. The first kappa shape index (κ1) is 48.0. The summed E-state index contributed by atoms with van der Waals surface area (Å²) in [6, 6.07) is 0. The predicted octanol–water partition coefficient (Wildman–Crippen LogP) is 5.95. The minimum Gasteiger partial charge on any atom is -0.510 e. The molecule has 56 heavy (non-hydrogen) atoms. The van der Waals surface area contributed by atoms with Crippen LogP contribution in [0.25, 0.3) is 0 Å². The summed E-state index contributed by atoms with van der Waals surface area (Å²) in [5.74, 6) is -1.97. The number of rotatable bonds is 23. The van der Waals surface area contributed by atoms with Crippen LogP contribution >= 0.6 is 0 Å². The van der Waals surface area contributed by atoms with E-state index >= 15 is 0 Å². The SMILES string of the molecule is C\C(=C/C=C/C=C/C=C/C=C/C(C)C(OC1OC(C(=O)O)C(O)C(O)C1O)/C(C)=C/C(C)CCC/C=C/C(C)C/C=C/CCCN)C(=O)NC1=C(O)CCC1=O. The highest BCUT2D eigenvalue weighted by atomic mass is 16.7. The van der Waals surface area contributed by atoms with Gasteiger partial charge < -0.3 is 46.1 Å². The van der Waals surface area contributed by atoms with Crippen LogP contribution < -0.4 is 11.1 Å². The molecule has 8 N–H and O–H groups in total. The first-order valence-corrected chi connectivity index (χ1v) is 19.6. The van der Waals surface area contributed by atoms with Gasteiger partial charge in [0.05, 0.1) is 6.10 Å². The summed E-state index contributed by atoms with van der Waals surface area (Å²) in [5, 5.41) is 53.0. The number of aliphatic hydroxyl groups excluding tert-OH is 4. The predicted molar refractivity (Wildman–Crippen MR) is 218 cm³/mol. The molecule has 0 aromatic rings. The Morgan fingerprint density at radius 1 is 0.875 bits per heavy atom. The van der Waals surface area contributed by atoms with Gasteiger partial charge in [0, 0.05) is 24.3 Å². The third-order valence-electron chi connectivity index (χ3n) is 9.49. The van der Waals surface area contributed by atoms with Gasteiger partial charge in [0.2, 0.25) is 0 Å². The van der Waals surface area contributed by atoms with E-state index in [0.717, 1.165) is 44.1 Å². The molecule has 2 rings (SSSR count). The van der Waals surface area contributed by atoms with Crippen LogP contribution in [-0.2, 0) is 23.9 Å². The van der Waals surface area contributed by atoms with E-state index in [9.17, 15) is 39.9 Å². The number of aliphatic hydroxyl groups is 4. The fourth-order valence-corrected chi connectivity index (χ4v) is 6.14. The van der Waals surface area contributed by atoms with E-state index in [1.54, 1.807) is 43.4 Å². The van der Waals surface area contributed by atoms with E-state index in [1.165, 1.54) is 0 Å².